The van der Waals surface area contributed by atoms with E-state index in [0.717, 1.165) is 22.5 Å². The maximum Gasteiger partial charge on any atom is 0.241 e. The Hall–Kier alpha value is -3.90. The molecule has 0 aliphatic heterocycles. The Morgan fingerprint density at radius 1 is 0.628 bits per heavy atom. The lowest BCUT2D eigenvalue weighted by Crippen LogP contribution is -2.24. The van der Waals surface area contributed by atoms with Crippen molar-refractivity contribution in [2.45, 2.75) is 11.5 Å². The highest BCUT2D eigenvalue weighted by Crippen LogP contribution is 2.26. The number of hydrogen-bond acceptors (Lipinski definition) is 13. The number of thiazole rings is 2. The molecule has 0 saturated carbocycles. The standard InChI is InChI=1S/C26H22N6O6S5/c33-21(29-25-27-19(11-39-25)17-7-3-1-4-8-17)13-42(35,36)15-23-31-32-24(41-23)16-43(37,38)14-22(34)30-26-28-20(12-40-26)18-9-5-2-6-10-18/h1-12H,13-16H2,(H,27,29,33)(H,28,30,34). The first kappa shape index (κ1) is 30.6. The Morgan fingerprint density at radius 2 is 1.02 bits per heavy atom. The van der Waals surface area contributed by atoms with Crippen molar-refractivity contribution in [3.8, 4) is 22.5 Å². The third-order valence-corrected chi connectivity index (χ3v) is 11.2. The van der Waals surface area contributed by atoms with E-state index in [-0.39, 0.29) is 20.3 Å². The number of nitrogens with zero attached hydrogens (tertiary/aromatic N) is 4. The summed E-state index contributed by atoms with van der Waals surface area (Å²) in [7, 11) is -7.90. The number of benzene rings is 2. The lowest BCUT2D eigenvalue weighted by Gasteiger charge is -2.03. The number of nitrogens with one attached hydrogen (secondary N) is 2. The predicted molar refractivity (Wildman–Crippen MR) is 167 cm³/mol. The fourth-order valence-electron chi connectivity index (χ4n) is 3.74. The number of aromatic nitrogens is 4. The minimum absolute atomic E-state index is 0.0271. The molecule has 0 saturated heterocycles. The zero-order valence-corrected chi connectivity index (χ0v) is 26.1. The summed E-state index contributed by atoms with van der Waals surface area (Å²) in [5.41, 5.74) is 3.02. The van der Waals surface area contributed by atoms with Crippen LogP contribution in [0, 0.1) is 0 Å². The third kappa shape index (κ3) is 8.80. The Kier molecular flexibility index (Phi) is 9.36. The van der Waals surface area contributed by atoms with Gasteiger partial charge in [-0.2, -0.15) is 0 Å². The molecule has 17 heteroatoms. The van der Waals surface area contributed by atoms with Crippen LogP contribution in [0.5, 0.6) is 0 Å². The normalized spacial score (nSPS) is 11.7. The van der Waals surface area contributed by atoms with Crippen LogP contribution >= 0.6 is 34.0 Å². The molecule has 0 atom stereocenters. The monoisotopic (exact) mass is 674 g/mol. The van der Waals surface area contributed by atoms with Crippen molar-refractivity contribution in [2.75, 3.05) is 22.1 Å². The van der Waals surface area contributed by atoms with Gasteiger partial charge >= 0.3 is 0 Å². The fourth-order valence-corrected chi connectivity index (χ4v) is 9.21. The van der Waals surface area contributed by atoms with Crippen LogP contribution < -0.4 is 10.6 Å². The molecular weight excluding hydrogens is 653 g/mol. The molecule has 3 heterocycles. The van der Waals surface area contributed by atoms with Crippen molar-refractivity contribution >= 4 is 75.8 Å². The van der Waals surface area contributed by atoms with Crippen LogP contribution in [-0.4, -0.2) is 60.3 Å². The molecule has 0 bridgehead atoms. The van der Waals surface area contributed by atoms with E-state index in [0.29, 0.717) is 11.4 Å². The van der Waals surface area contributed by atoms with Gasteiger partial charge in [-0.25, -0.2) is 26.8 Å². The van der Waals surface area contributed by atoms with E-state index >= 15 is 0 Å². The number of rotatable bonds is 12. The van der Waals surface area contributed by atoms with E-state index < -0.39 is 54.5 Å². The van der Waals surface area contributed by atoms with Gasteiger partial charge in [-0.05, 0) is 0 Å². The topological polar surface area (TPSA) is 178 Å². The number of sulfone groups is 2. The van der Waals surface area contributed by atoms with Gasteiger partial charge in [-0.1, -0.05) is 72.0 Å². The van der Waals surface area contributed by atoms with E-state index in [1.165, 1.54) is 22.7 Å². The summed E-state index contributed by atoms with van der Waals surface area (Å²) in [6.45, 7) is 0. The average Bonchev–Trinajstić information content (AvgIpc) is 3.70. The summed E-state index contributed by atoms with van der Waals surface area (Å²) < 4.78 is 50.5. The molecule has 0 radical (unpaired) electrons. The molecule has 2 N–H and O–H groups in total. The van der Waals surface area contributed by atoms with Crippen molar-refractivity contribution in [1.82, 2.24) is 20.2 Å². The van der Waals surface area contributed by atoms with Gasteiger partial charge in [0.25, 0.3) is 0 Å². The first-order valence-electron chi connectivity index (χ1n) is 12.4. The van der Waals surface area contributed by atoms with Gasteiger partial charge in [0.05, 0.1) is 11.4 Å². The van der Waals surface area contributed by atoms with E-state index in [1.54, 1.807) is 10.8 Å². The van der Waals surface area contributed by atoms with Crippen LogP contribution in [0.15, 0.2) is 71.4 Å². The summed E-state index contributed by atoms with van der Waals surface area (Å²) in [6.07, 6.45) is 0. The van der Waals surface area contributed by atoms with Gasteiger partial charge in [-0.15, -0.1) is 32.9 Å². The van der Waals surface area contributed by atoms with Gasteiger partial charge in [0, 0.05) is 21.9 Å². The smallest absolute Gasteiger partial charge is 0.241 e. The van der Waals surface area contributed by atoms with Crippen molar-refractivity contribution in [3.63, 3.8) is 0 Å². The largest absolute Gasteiger partial charge is 0.301 e. The van der Waals surface area contributed by atoms with Crippen molar-refractivity contribution in [2.24, 2.45) is 0 Å². The first-order valence-corrected chi connectivity index (χ1v) is 18.6. The van der Waals surface area contributed by atoms with Crippen molar-refractivity contribution < 1.29 is 26.4 Å². The zero-order valence-electron chi connectivity index (χ0n) is 22.0. The third-order valence-electron chi connectivity index (χ3n) is 5.54. The second-order valence-electron chi connectivity index (χ2n) is 9.06. The maximum atomic E-state index is 12.6. The summed E-state index contributed by atoms with van der Waals surface area (Å²) in [4.78, 5) is 33.4. The van der Waals surface area contributed by atoms with Gasteiger partial charge in [0.2, 0.25) is 11.8 Å². The van der Waals surface area contributed by atoms with E-state index in [2.05, 4.69) is 30.8 Å². The Labute approximate surface area is 258 Å². The van der Waals surface area contributed by atoms with E-state index in [1.807, 2.05) is 60.7 Å². The zero-order chi connectivity index (χ0) is 30.5. The Morgan fingerprint density at radius 3 is 1.42 bits per heavy atom. The minimum Gasteiger partial charge on any atom is -0.301 e. The molecule has 43 heavy (non-hydrogen) atoms. The predicted octanol–water partition coefficient (Wildman–Crippen LogP) is 3.89. The van der Waals surface area contributed by atoms with Crippen LogP contribution in [0.1, 0.15) is 10.0 Å². The molecule has 0 spiro atoms. The van der Waals surface area contributed by atoms with Gasteiger partial charge in [0.15, 0.2) is 29.9 Å². The minimum atomic E-state index is -3.95. The molecule has 2 aromatic carbocycles. The van der Waals surface area contributed by atoms with Gasteiger partial charge in [0.1, 0.15) is 33.0 Å². The van der Waals surface area contributed by atoms with E-state index in [4.69, 9.17) is 0 Å². The SMILES string of the molecule is O=C(CS(=O)(=O)Cc1nnc(CS(=O)(=O)CC(=O)Nc2nc(-c3ccccc3)cs2)s1)Nc1nc(-c2ccccc2)cs1. The van der Waals surface area contributed by atoms with Crippen LogP contribution in [0.25, 0.3) is 22.5 Å². The lowest BCUT2D eigenvalue weighted by molar-refractivity contribution is -0.114. The average molecular weight is 675 g/mol. The van der Waals surface area contributed by atoms with Crippen LogP contribution in [-0.2, 0) is 40.8 Å². The second-order valence-corrected chi connectivity index (χ2v) is 16.1. The highest BCUT2D eigenvalue weighted by Gasteiger charge is 2.24. The molecule has 5 aromatic rings. The van der Waals surface area contributed by atoms with E-state index in [9.17, 15) is 26.4 Å². The number of anilines is 2. The molecule has 0 aliphatic rings. The molecule has 3 aromatic heterocycles. The number of hydrogen-bond donors (Lipinski definition) is 2. The van der Waals surface area contributed by atoms with Crippen molar-refractivity contribution in [1.29, 1.82) is 0 Å². The highest BCUT2D eigenvalue weighted by atomic mass is 32.2. The summed E-state index contributed by atoms with van der Waals surface area (Å²) in [6, 6.07) is 18.6. The van der Waals surface area contributed by atoms with Crippen LogP contribution in [0.2, 0.25) is 0 Å². The van der Waals surface area contributed by atoms with Gasteiger partial charge < -0.3 is 10.6 Å². The maximum absolute atomic E-state index is 12.6. The Balaban J connectivity index is 1.11. The number of amides is 2. The van der Waals surface area contributed by atoms with Crippen LogP contribution in [0.3, 0.4) is 0 Å². The molecule has 12 nitrogen and oxygen atoms in total. The molecule has 222 valence electrons. The molecule has 2 amide bonds. The molecule has 5 rings (SSSR count). The molecule has 0 unspecified atom stereocenters. The lowest BCUT2D eigenvalue weighted by atomic mass is 10.2. The fraction of sp³-hybridized carbons (Fsp3) is 0.154. The van der Waals surface area contributed by atoms with Gasteiger partial charge in [-0.3, -0.25) is 9.59 Å². The second kappa shape index (κ2) is 13.2. The quantitative estimate of drug-likeness (QED) is 0.197. The summed E-state index contributed by atoms with van der Waals surface area (Å²) in [5, 5.41) is 16.6. The van der Waals surface area contributed by atoms with Crippen LogP contribution in [0.4, 0.5) is 10.3 Å². The van der Waals surface area contributed by atoms with Crippen molar-refractivity contribution in [3.05, 3.63) is 81.4 Å². The Bertz CT molecular complexity index is 1810. The highest BCUT2D eigenvalue weighted by molar-refractivity contribution is 7.91. The number of carbonyl (C=O) groups is 2. The summed E-state index contributed by atoms with van der Waals surface area (Å²) >= 11 is 3.12. The molecule has 0 aliphatic carbocycles. The molecule has 0 fully saturated rings. The number of carbonyl (C=O) groups excluding carboxylic acids is 2. The first-order chi connectivity index (χ1) is 20.5. The summed E-state index contributed by atoms with van der Waals surface area (Å²) in [5.74, 6) is -4.35. The molecular formula is C26H22N6O6S5.